The highest BCUT2D eigenvalue weighted by molar-refractivity contribution is 7.99. The van der Waals surface area contributed by atoms with E-state index < -0.39 is 6.04 Å². The molecule has 0 aliphatic heterocycles. The zero-order valence-electron chi connectivity index (χ0n) is 23.2. The van der Waals surface area contributed by atoms with Crippen molar-refractivity contribution in [3.8, 4) is 5.75 Å². The van der Waals surface area contributed by atoms with Crippen molar-refractivity contribution < 1.29 is 14.3 Å². The van der Waals surface area contributed by atoms with Crippen molar-refractivity contribution in [2.24, 2.45) is 0 Å². The Bertz CT molecular complexity index is 1180. The lowest BCUT2D eigenvalue weighted by Crippen LogP contribution is -2.52. The third kappa shape index (κ3) is 8.95. The minimum atomic E-state index is -0.632. The summed E-state index contributed by atoms with van der Waals surface area (Å²) < 4.78 is 5.41. The van der Waals surface area contributed by atoms with Gasteiger partial charge in [-0.2, -0.15) is 0 Å². The number of carbonyl (C=O) groups is 2. The van der Waals surface area contributed by atoms with E-state index in [1.165, 1.54) is 16.7 Å². The van der Waals surface area contributed by atoms with E-state index in [-0.39, 0.29) is 17.9 Å². The molecule has 2 amide bonds. The van der Waals surface area contributed by atoms with Gasteiger partial charge in [-0.25, -0.2) is 0 Å². The second kappa shape index (κ2) is 14.6. The number of ether oxygens (including phenoxy) is 1. The van der Waals surface area contributed by atoms with Gasteiger partial charge in [-0.3, -0.25) is 9.59 Å². The van der Waals surface area contributed by atoms with E-state index in [0.717, 1.165) is 29.1 Å². The molecule has 0 bridgehead atoms. The Morgan fingerprint density at radius 2 is 1.61 bits per heavy atom. The average molecular weight is 533 g/mol. The van der Waals surface area contributed by atoms with Crippen LogP contribution in [0.3, 0.4) is 0 Å². The largest absolute Gasteiger partial charge is 0.497 e. The molecule has 2 unspecified atom stereocenters. The number of amides is 2. The summed E-state index contributed by atoms with van der Waals surface area (Å²) >= 11 is 1.58. The summed E-state index contributed by atoms with van der Waals surface area (Å²) in [4.78, 5) is 29.2. The van der Waals surface area contributed by atoms with Gasteiger partial charge in [-0.05, 0) is 56.0 Å². The molecular weight excluding hydrogens is 492 g/mol. The normalized spacial score (nSPS) is 12.4. The summed E-state index contributed by atoms with van der Waals surface area (Å²) in [5.74, 6) is 1.58. The van der Waals surface area contributed by atoms with E-state index in [4.69, 9.17) is 4.74 Å². The van der Waals surface area contributed by atoms with Gasteiger partial charge in [0.1, 0.15) is 11.8 Å². The Balaban J connectivity index is 1.88. The Kier molecular flexibility index (Phi) is 11.3. The molecule has 3 aromatic carbocycles. The maximum Gasteiger partial charge on any atom is 0.243 e. The van der Waals surface area contributed by atoms with Gasteiger partial charge < -0.3 is 15.0 Å². The maximum absolute atomic E-state index is 13.8. The fourth-order valence-corrected chi connectivity index (χ4v) is 5.30. The zero-order valence-corrected chi connectivity index (χ0v) is 24.0. The fraction of sp³-hybridized carbons (Fsp3) is 0.375. The number of hydrogen-bond donors (Lipinski definition) is 1. The molecule has 38 heavy (non-hydrogen) atoms. The standard InChI is InChI=1S/C32H40N2O3S/c1-6-25(4)33-32(36)30(19-26-11-8-7-9-12-26)34(20-27-13-10-14-29(18-27)37-5)31(35)22-38-21-28-16-23(2)15-24(3)17-28/h7-18,25,30H,6,19-22H2,1-5H3,(H,33,36). The van der Waals surface area contributed by atoms with E-state index in [1.54, 1.807) is 23.8 Å². The first kappa shape index (κ1) is 29.3. The highest BCUT2D eigenvalue weighted by atomic mass is 32.2. The predicted octanol–water partition coefficient (Wildman–Crippen LogP) is 6.10. The number of thioether (sulfide) groups is 1. The summed E-state index contributed by atoms with van der Waals surface area (Å²) in [5.41, 5.74) is 5.58. The van der Waals surface area contributed by atoms with Gasteiger partial charge in [-0.1, -0.05) is 78.7 Å². The summed E-state index contributed by atoms with van der Waals surface area (Å²) in [7, 11) is 1.63. The zero-order chi connectivity index (χ0) is 27.5. The number of hydrogen-bond acceptors (Lipinski definition) is 4. The smallest absolute Gasteiger partial charge is 0.243 e. The topological polar surface area (TPSA) is 58.6 Å². The molecule has 5 nitrogen and oxygen atoms in total. The Hall–Kier alpha value is -3.25. The summed E-state index contributed by atoms with van der Waals surface area (Å²) in [6.45, 7) is 8.54. The summed E-state index contributed by atoms with van der Waals surface area (Å²) in [6, 6.07) is 23.5. The van der Waals surface area contributed by atoms with Crippen molar-refractivity contribution in [1.29, 1.82) is 0 Å². The van der Waals surface area contributed by atoms with Crippen molar-refractivity contribution in [2.75, 3.05) is 12.9 Å². The van der Waals surface area contributed by atoms with Gasteiger partial charge in [-0.15, -0.1) is 11.8 Å². The first-order chi connectivity index (χ1) is 18.3. The molecule has 0 heterocycles. The van der Waals surface area contributed by atoms with Crippen LogP contribution in [0, 0.1) is 13.8 Å². The number of aryl methyl sites for hydroxylation is 2. The van der Waals surface area contributed by atoms with Crippen LogP contribution in [0.2, 0.25) is 0 Å². The van der Waals surface area contributed by atoms with E-state index in [9.17, 15) is 9.59 Å². The van der Waals surface area contributed by atoms with Gasteiger partial charge >= 0.3 is 0 Å². The lowest BCUT2D eigenvalue weighted by molar-refractivity contribution is -0.139. The molecule has 0 saturated heterocycles. The van der Waals surface area contributed by atoms with Gasteiger partial charge in [0, 0.05) is 24.8 Å². The number of benzene rings is 3. The van der Waals surface area contributed by atoms with Crippen molar-refractivity contribution in [2.45, 2.75) is 64.9 Å². The molecule has 0 aromatic heterocycles. The van der Waals surface area contributed by atoms with E-state index in [1.807, 2.05) is 68.4 Å². The third-order valence-corrected chi connectivity index (χ3v) is 7.52. The van der Waals surface area contributed by atoms with Gasteiger partial charge in [0.15, 0.2) is 0 Å². The first-order valence-electron chi connectivity index (χ1n) is 13.2. The summed E-state index contributed by atoms with van der Waals surface area (Å²) in [5, 5.41) is 3.12. The minimum Gasteiger partial charge on any atom is -0.497 e. The molecule has 0 aliphatic carbocycles. The van der Waals surface area contributed by atoms with Crippen LogP contribution >= 0.6 is 11.8 Å². The molecular formula is C32H40N2O3S. The minimum absolute atomic E-state index is 0.0217. The Labute approximate surface area is 232 Å². The highest BCUT2D eigenvalue weighted by Gasteiger charge is 2.31. The van der Waals surface area contributed by atoms with Crippen LogP contribution in [0.15, 0.2) is 72.8 Å². The molecule has 202 valence electrons. The lowest BCUT2D eigenvalue weighted by atomic mass is 10.0. The van der Waals surface area contributed by atoms with Crippen LogP contribution in [0.5, 0.6) is 5.75 Å². The number of rotatable bonds is 13. The van der Waals surface area contributed by atoms with E-state index >= 15 is 0 Å². The molecule has 2 atom stereocenters. The van der Waals surface area contributed by atoms with E-state index in [2.05, 4.69) is 37.4 Å². The van der Waals surface area contributed by atoms with Crippen molar-refractivity contribution >= 4 is 23.6 Å². The van der Waals surface area contributed by atoms with E-state index in [0.29, 0.717) is 18.7 Å². The molecule has 0 radical (unpaired) electrons. The number of nitrogens with zero attached hydrogens (tertiary/aromatic N) is 1. The molecule has 6 heteroatoms. The second-order valence-electron chi connectivity index (χ2n) is 9.89. The number of nitrogens with one attached hydrogen (secondary N) is 1. The average Bonchev–Trinajstić information content (AvgIpc) is 2.90. The van der Waals surface area contributed by atoms with Gasteiger partial charge in [0.05, 0.1) is 12.9 Å². The SMILES string of the molecule is CCC(C)NC(=O)C(Cc1ccccc1)N(Cc1cccc(OC)c1)C(=O)CSCc1cc(C)cc(C)c1. The first-order valence-corrected chi connectivity index (χ1v) is 14.4. The van der Waals surface area contributed by atoms with Crippen molar-refractivity contribution in [3.63, 3.8) is 0 Å². The number of methoxy groups -OCH3 is 1. The maximum atomic E-state index is 13.8. The third-order valence-electron chi connectivity index (χ3n) is 6.53. The molecule has 0 saturated carbocycles. The quantitative estimate of drug-likeness (QED) is 0.289. The highest BCUT2D eigenvalue weighted by Crippen LogP contribution is 2.21. The molecule has 1 N–H and O–H groups in total. The Morgan fingerprint density at radius 1 is 0.921 bits per heavy atom. The lowest BCUT2D eigenvalue weighted by Gasteiger charge is -2.32. The van der Waals surface area contributed by atoms with Crippen LogP contribution in [-0.4, -0.2) is 41.7 Å². The molecule has 0 fully saturated rings. The van der Waals surface area contributed by atoms with Crippen molar-refractivity contribution in [3.05, 3.63) is 101 Å². The van der Waals surface area contributed by atoms with Crippen LogP contribution in [-0.2, 0) is 28.3 Å². The van der Waals surface area contributed by atoms with Crippen molar-refractivity contribution in [1.82, 2.24) is 10.2 Å². The predicted molar refractivity (Wildman–Crippen MR) is 157 cm³/mol. The monoisotopic (exact) mass is 532 g/mol. The molecule has 3 rings (SSSR count). The Morgan fingerprint density at radius 3 is 2.26 bits per heavy atom. The van der Waals surface area contributed by atoms with Crippen LogP contribution < -0.4 is 10.1 Å². The van der Waals surface area contributed by atoms with Crippen LogP contribution in [0.25, 0.3) is 0 Å². The second-order valence-corrected chi connectivity index (χ2v) is 10.9. The number of carbonyl (C=O) groups excluding carboxylic acids is 2. The van der Waals surface area contributed by atoms with Crippen LogP contribution in [0.1, 0.15) is 48.1 Å². The molecule has 0 spiro atoms. The molecule has 0 aliphatic rings. The van der Waals surface area contributed by atoms with Gasteiger partial charge in [0.25, 0.3) is 0 Å². The fourth-order valence-electron chi connectivity index (χ4n) is 4.45. The van der Waals surface area contributed by atoms with Crippen LogP contribution in [0.4, 0.5) is 0 Å². The summed E-state index contributed by atoms with van der Waals surface area (Å²) in [6.07, 6.45) is 1.26. The molecule has 3 aromatic rings. The van der Waals surface area contributed by atoms with Gasteiger partial charge in [0.2, 0.25) is 11.8 Å².